The number of hydrogen-bond acceptors (Lipinski definition) is 8. The number of hydrogen-bond donors (Lipinski definition) is 0. The van der Waals surface area contributed by atoms with E-state index in [4.69, 9.17) is 18.5 Å². The summed E-state index contributed by atoms with van der Waals surface area (Å²) < 4.78 is 47.8. The maximum Gasteiger partial charge on any atom is 0.306 e. The van der Waals surface area contributed by atoms with E-state index in [0.29, 0.717) is 23.9 Å². The number of carbonyl (C=O) groups is 2. The largest absolute Gasteiger partial charge is 0.756 e. The molecule has 0 aromatic carbocycles. The number of halogens is 1. The van der Waals surface area contributed by atoms with Crippen molar-refractivity contribution in [2.45, 2.75) is 174 Å². The van der Waals surface area contributed by atoms with Crippen molar-refractivity contribution in [3.8, 4) is 0 Å². The van der Waals surface area contributed by atoms with Gasteiger partial charge < -0.3 is 27.9 Å². The molecule has 0 fully saturated rings. The van der Waals surface area contributed by atoms with Crippen molar-refractivity contribution in [3.63, 3.8) is 0 Å². The Labute approximate surface area is 287 Å². The van der Waals surface area contributed by atoms with E-state index in [2.05, 4.69) is 13.8 Å². The van der Waals surface area contributed by atoms with Gasteiger partial charge in [-0.1, -0.05) is 129 Å². The van der Waals surface area contributed by atoms with Crippen LogP contribution in [0.25, 0.3) is 0 Å². The van der Waals surface area contributed by atoms with E-state index in [9.17, 15) is 23.4 Å². The first kappa shape index (κ1) is 45.9. The predicted octanol–water partition coefficient (Wildman–Crippen LogP) is 9.00. The molecule has 0 N–H and O–H groups in total. The van der Waals surface area contributed by atoms with Gasteiger partial charge in [0.15, 0.2) is 6.10 Å². The number of quaternary nitrogens is 1. The SMILES string of the molecule is CCCCCCCCCCCCCC(=O)OC[C@H](COP(=O)([O-])OCC[N+](C)(C)C)OC(=O)CCC(F)CCCCCCCCCC. The standard InChI is InChI=1S/C36H71FNO8P/c1-6-8-10-12-14-16-17-18-20-22-24-26-35(39)43-31-34(32-45-47(41,42)44-30-29-38(3,4)5)46-36(40)28-27-33(37)25-23-21-19-15-13-11-9-7-2/h33-34H,6-32H2,1-5H3/t33?,34-/m1/s1. The summed E-state index contributed by atoms with van der Waals surface area (Å²) >= 11 is 0. The van der Waals surface area contributed by atoms with Crippen molar-refractivity contribution in [2.75, 3.05) is 47.5 Å². The molecule has 0 aliphatic rings. The van der Waals surface area contributed by atoms with E-state index in [-0.39, 0.29) is 32.5 Å². The molecule has 0 aliphatic heterocycles. The molecule has 9 nitrogen and oxygen atoms in total. The summed E-state index contributed by atoms with van der Waals surface area (Å²) in [6.45, 7) is 3.88. The second kappa shape index (κ2) is 29.8. The first-order valence-electron chi connectivity index (χ1n) is 18.8. The van der Waals surface area contributed by atoms with Crippen molar-refractivity contribution in [1.82, 2.24) is 0 Å². The van der Waals surface area contributed by atoms with Gasteiger partial charge in [-0.05, 0) is 19.3 Å². The number of unbranched alkanes of at least 4 members (excludes halogenated alkanes) is 17. The molecule has 0 bridgehead atoms. The highest BCUT2D eigenvalue weighted by atomic mass is 31.2. The smallest absolute Gasteiger partial charge is 0.306 e. The van der Waals surface area contributed by atoms with Crippen molar-refractivity contribution < 1.29 is 46.4 Å². The topological polar surface area (TPSA) is 111 Å². The van der Waals surface area contributed by atoms with E-state index >= 15 is 0 Å². The van der Waals surface area contributed by atoms with Gasteiger partial charge in [0.25, 0.3) is 7.82 Å². The number of ether oxygens (including phenoxy) is 2. The molecular weight excluding hydrogens is 624 g/mol. The van der Waals surface area contributed by atoms with Crippen molar-refractivity contribution >= 4 is 19.8 Å². The van der Waals surface area contributed by atoms with Gasteiger partial charge in [0.05, 0.1) is 27.7 Å². The number of phosphoric acid groups is 1. The summed E-state index contributed by atoms with van der Waals surface area (Å²) in [5, 5.41) is 0. The van der Waals surface area contributed by atoms with Crippen LogP contribution in [0.15, 0.2) is 0 Å². The lowest BCUT2D eigenvalue weighted by Crippen LogP contribution is -2.37. The Bertz CT molecular complexity index is 810. The predicted molar refractivity (Wildman–Crippen MR) is 186 cm³/mol. The molecule has 0 radical (unpaired) electrons. The first-order chi connectivity index (χ1) is 22.4. The number of rotatable bonds is 34. The molecular formula is C36H71FNO8P. The summed E-state index contributed by atoms with van der Waals surface area (Å²) in [7, 11) is 1.03. The third-order valence-electron chi connectivity index (χ3n) is 8.18. The molecule has 11 heteroatoms. The number of phosphoric ester groups is 1. The van der Waals surface area contributed by atoms with Crippen LogP contribution >= 0.6 is 7.82 Å². The number of carbonyl (C=O) groups excluding carboxylic acids is 2. The molecule has 0 amide bonds. The summed E-state index contributed by atoms with van der Waals surface area (Å²) in [6, 6.07) is 0. The minimum atomic E-state index is -4.67. The Morgan fingerprint density at radius 3 is 1.66 bits per heavy atom. The zero-order chi connectivity index (χ0) is 35.2. The quantitative estimate of drug-likeness (QED) is 0.0284. The lowest BCUT2D eigenvalue weighted by Gasteiger charge is -2.28. The Kier molecular flexibility index (Phi) is 29.1. The summed E-state index contributed by atoms with van der Waals surface area (Å²) in [4.78, 5) is 37.2. The van der Waals surface area contributed by atoms with Crippen LogP contribution in [0.1, 0.15) is 162 Å². The van der Waals surface area contributed by atoms with Crippen LogP contribution in [0, 0.1) is 0 Å². The van der Waals surface area contributed by atoms with Gasteiger partial charge >= 0.3 is 11.9 Å². The monoisotopic (exact) mass is 695 g/mol. The number of nitrogens with zero attached hydrogens (tertiary/aromatic N) is 1. The maximum atomic E-state index is 14.4. The van der Waals surface area contributed by atoms with Crippen LogP contribution in [-0.4, -0.2) is 76.2 Å². The van der Waals surface area contributed by atoms with E-state index in [1.807, 2.05) is 21.1 Å². The highest BCUT2D eigenvalue weighted by molar-refractivity contribution is 7.45. The van der Waals surface area contributed by atoms with Crippen molar-refractivity contribution in [3.05, 3.63) is 0 Å². The van der Waals surface area contributed by atoms with Gasteiger partial charge in [-0.15, -0.1) is 0 Å². The Morgan fingerprint density at radius 2 is 1.15 bits per heavy atom. The molecule has 0 aromatic heterocycles. The zero-order valence-corrected chi connectivity index (χ0v) is 31.7. The molecule has 0 aromatic rings. The lowest BCUT2D eigenvalue weighted by molar-refractivity contribution is -0.870. The van der Waals surface area contributed by atoms with Crippen LogP contribution in [0.2, 0.25) is 0 Å². The molecule has 0 saturated carbocycles. The van der Waals surface area contributed by atoms with Crippen LogP contribution in [0.3, 0.4) is 0 Å². The second-order valence-corrected chi connectivity index (χ2v) is 15.5. The van der Waals surface area contributed by atoms with Gasteiger partial charge in [-0.25, -0.2) is 4.39 Å². The number of esters is 2. The van der Waals surface area contributed by atoms with E-state index < -0.39 is 38.6 Å². The van der Waals surface area contributed by atoms with E-state index in [1.165, 1.54) is 77.0 Å². The first-order valence-corrected chi connectivity index (χ1v) is 20.2. The minimum Gasteiger partial charge on any atom is -0.756 e. The summed E-state index contributed by atoms with van der Waals surface area (Å²) in [5.74, 6) is -1.13. The molecule has 280 valence electrons. The van der Waals surface area contributed by atoms with E-state index in [0.717, 1.165) is 38.5 Å². The van der Waals surface area contributed by atoms with Crippen molar-refractivity contribution in [2.24, 2.45) is 0 Å². The van der Waals surface area contributed by atoms with Crippen LogP contribution in [-0.2, 0) is 32.7 Å². The van der Waals surface area contributed by atoms with Gasteiger partial charge in [0.2, 0.25) is 0 Å². The fourth-order valence-corrected chi connectivity index (χ4v) is 5.84. The molecule has 0 aliphatic carbocycles. The summed E-state index contributed by atoms with van der Waals surface area (Å²) in [6.07, 6.45) is 20.1. The van der Waals surface area contributed by atoms with Gasteiger partial charge in [-0.2, -0.15) is 0 Å². The fourth-order valence-electron chi connectivity index (χ4n) is 5.11. The van der Waals surface area contributed by atoms with Crippen LogP contribution < -0.4 is 4.89 Å². The minimum absolute atomic E-state index is 0.0236. The average molecular weight is 696 g/mol. The van der Waals surface area contributed by atoms with Crippen LogP contribution in [0.5, 0.6) is 0 Å². The number of likely N-dealkylation sites (N-methyl/N-ethyl adjacent to an activating group) is 1. The highest BCUT2D eigenvalue weighted by Gasteiger charge is 2.22. The highest BCUT2D eigenvalue weighted by Crippen LogP contribution is 2.38. The molecule has 3 atom stereocenters. The normalized spacial score (nSPS) is 14.4. The van der Waals surface area contributed by atoms with E-state index in [1.54, 1.807) is 0 Å². The number of alkyl halides is 1. The maximum absolute atomic E-state index is 14.4. The van der Waals surface area contributed by atoms with Crippen molar-refractivity contribution in [1.29, 1.82) is 0 Å². The molecule has 0 saturated heterocycles. The Hall–Kier alpha value is -1.06. The third-order valence-corrected chi connectivity index (χ3v) is 9.14. The second-order valence-electron chi connectivity index (χ2n) is 14.1. The Balaban J connectivity index is 4.55. The van der Waals surface area contributed by atoms with Gasteiger partial charge in [0.1, 0.15) is 25.9 Å². The van der Waals surface area contributed by atoms with Crippen LogP contribution in [0.4, 0.5) is 4.39 Å². The fraction of sp³-hybridized carbons (Fsp3) is 0.944. The molecule has 47 heavy (non-hydrogen) atoms. The van der Waals surface area contributed by atoms with Gasteiger partial charge in [-0.3, -0.25) is 14.2 Å². The Morgan fingerprint density at radius 1 is 0.660 bits per heavy atom. The average Bonchev–Trinajstić information content (AvgIpc) is 3.00. The molecule has 2 unspecified atom stereocenters. The molecule has 0 rings (SSSR count). The molecule has 0 spiro atoms. The van der Waals surface area contributed by atoms with Gasteiger partial charge in [0, 0.05) is 12.8 Å². The molecule has 0 heterocycles. The lowest BCUT2D eigenvalue weighted by atomic mass is 10.0. The zero-order valence-electron chi connectivity index (χ0n) is 30.8. The third kappa shape index (κ3) is 33.2. The summed E-state index contributed by atoms with van der Waals surface area (Å²) in [5.41, 5.74) is 0.